The second kappa shape index (κ2) is 10.6. The maximum atomic E-state index is 13.1. The Balaban J connectivity index is 1.47. The molecule has 1 aromatic heterocycles. The number of aryl methyl sites for hydroxylation is 2. The van der Waals surface area contributed by atoms with E-state index in [0.29, 0.717) is 17.4 Å². The van der Waals surface area contributed by atoms with Gasteiger partial charge in [0.15, 0.2) is 5.13 Å². The summed E-state index contributed by atoms with van der Waals surface area (Å²) in [6, 6.07) is 5.72. The summed E-state index contributed by atoms with van der Waals surface area (Å²) in [7, 11) is -3.55. The van der Waals surface area contributed by atoms with Gasteiger partial charge in [0.25, 0.3) is 0 Å². The zero-order valence-electron chi connectivity index (χ0n) is 19.2. The highest BCUT2D eigenvalue weighted by atomic mass is 32.2. The zero-order chi connectivity index (χ0) is 22.6. The molecule has 1 saturated heterocycles. The first kappa shape index (κ1) is 23.7. The number of hydrogen-bond donors (Lipinski definition) is 3. The topological polar surface area (TPSA) is 83.1 Å². The molecule has 2 aliphatic rings. The van der Waals surface area contributed by atoms with E-state index in [1.807, 2.05) is 32.0 Å². The lowest BCUT2D eigenvalue weighted by Crippen LogP contribution is -2.36. The van der Waals surface area contributed by atoms with Crippen LogP contribution in [0.5, 0.6) is 0 Å². The molecule has 0 spiro atoms. The third kappa shape index (κ3) is 5.90. The molecule has 1 saturated carbocycles. The summed E-state index contributed by atoms with van der Waals surface area (Å²) in [5.74, 6) is 1.13. The van der Waals surface area contributed by atoms with E-state index in [0.717, 1.165) is 65.2 Å². The number of benzene rings is 1. The number of nitrogens with zero attached hydrogens (tertiary/aromatic N) is 1. The Bertz CT molecular complexity index is 1010. The van der Waals surface area contributed by atoms with Gasteiger partial charge in [-0.3, -0.25) is 0 Å². The summed E-state index contributed by atoms with van der Waals surface area (Å²) in [4.78, 5) is 6.12. The van der Waals surface area contributed by atoms with Crippen molar-refractivity contribution in [2.45, 2.75) is 63.7 Å². The van der Waals surface area contributed by atoms with Gasteiger partial charge in [-0.1, -0.05) is 42.7 Å². The highest BCUT2D eigenvalue weighted by Gasteiger charge is 2.22. The third-order valence-electron chi connectivity index (χ3n) is 6.82. The van der Waals surface area contributed by atoms with Gasteiger partial charge in [0.1, 0.15) is 0 Å². The van der Waals surface area contributed by atoms with Crippen molar-refractivity contribution in [1.82, 2.24) is 15.0 Å². The fourth-order valence-electron chi connectivity index (χ4n) is 4.78. The number of rotatable bonds is 8. The molecule has 1 aliphatic heterocycles. The highest BCUT2D eigenvalue weighted by Crippen LogP contribution is 2.35. The molecule has 0 radical (unpaired) electrons. The molecule has 1 aromatic carbocycles. The lowest BCUT2D eigenvalue weighted by molar-refractivity contribution is 0.372. The minimum atomic E-state index is -3.55. The third-order valence-corrected chi connectivity index (χ3v) is 9.55. The molecule has 4 rings (SSSR count). The Morgan fingerprint density at radius 1 is 1.03 bits per heavy atom. The van der Waals surface area contributed by atoms with Crippen LogP contribution >= 0.6 is 11.3 Å². The van der Waals surface area contributed by atoms with Gasteiger partial charge in [-0.2, -0.15) is 0 Å². The maximum absolute atomic E-state index is 13.1. The molecular weight excluding hydrogens is 440 g/mol. The number of piperidine rings is 1. The van der Waals surface area contributed by atoms with Gasteiger partial charge in [-0.15, -0.1) is 0 Å². The molecule has 176 valence electrons. The van der Waals surface area contributed by atoms with E-state index in [1.54, 1.807) is 11.3 Å². The molecule has 32 heavy (non-hydrogen) atoms. The SMILES string of the molecule is Cc1ccc(-c2sc(NCC3CCCCC3)nc2C)cc1S(=O)(=O)NCC1CCNCC1. The predicted octanol–water partition coefficient (Wildman–Crippen LogP) is 4.70. The Morgan fingerprint density at radius 2 is 1.75 bits per heavy atom. The summed E-state index contributed by atoms with van der Waals surface area (Å²) >= 11 is 1.62. The van der Waals surface area contributed by atoms with E-state index in [9.17, 15) is 8.42 Å². The van der Waals surface area contributed by atoms with Crippen LogP contribution in [-0.4, -0.2) is 39.6 Å². The van der Waals surface area contributed by atoms with Crippen molar-refractivity contribution in [3.8, 4) is 10.4 Å². The fraction of sp³-hybridized carbons (Fsp3) is 0.625. The van der Waals surface area contributed by atoms with Crippen LogP contribution in [0.25, 0.3) is 10.4 Å². The summed E-state index contributed by atoms with van der Waals surface area (Å²) in [5, 5.41) is 7.78. The molecular formula is C24H36N4O2S2. The molecule has 6 nitrogen and oxygen atoms in total. The number of hydrogen-bond acceptors (Lipinski definition) is 6. The van der Waals surface area contributed by atoms with E-state index in [2.05, 4.69) is 15.4 Å². The molecule has 2 heterocycles. The quantitative estimate of drug-likeness (QED) is 0.514. The minimum absolute atomic E-state index is 0.369. The summed E-state index contributed by atoms with van der Waals surface area (Å²) < 4.78 is 29.1. The van der Waals surface area contributed by atoms with Crippen molar-refractivity contribution in [2.24, 2.45) is 11.8 Å². The molecule has 0 atom stereocenters. The standard InChI is InChI=1S/C24H36N4O2S2/c1-17-8-9-21(14-22(17)32(29,30)27-16-20-10-12-25-13-11-20)23-18(2)28-24(31-23)26-15-19-6-4-3-5-7-19/h8-9,14,19-20,25,27H,3-7,10-13,15-16H2,1-2H3,(H,26,28). The normalized spacial score (nSPS) is 18.7. The predicted molar refractivity (Wildman–Crippen MR) is 133 cm³/mol. The fourth-order valence-corrected chi connectivity index (χ4v) is 7.14. The van der Waals surface area contributed by atoms with Crippen LogP contribution in [0, 0.1) is 25.7 Å². The van der Waals surface area contributed by atoms with Crippen molar-refractivity contribution in [3.63, 3.8) is 0 Å². The Kier molecular flexibility index (Phi) is 7.87. The molecule has 2 fully saturated rings. The van der Waals surface area contributed by atoms with Gasteiger partial charge in [0.05, 0.1) is 15.5 Å². The zero-order valence-corrected chi connectivity index (χ0v) is 20.9. The monoisotopic (exact) mass is 476 g/mol. The first-order valence-electron chi connectivity index (χ1n) is 11.9. The van der Waals surface area contributed by atoms with Crippen molar-refractivity contribution < 1.29 is 8.42 Å². The van der Waals surface area contributed by atoms with Crippen LogP contribution in [0.4, 0.5) is 5.13 Å². The average Bonchev–Trinajstić information content (AvgIpc) is 3.18. The van der Waals surface area contributed by atoms with Crippen molar-refractivity contribution >= 4 is 26.5 Å². The van der Waals surface area contributed by atoms with Gasteiger partial charge in [-0.25, -0.2) is 18.1 Å². The second-order valence-electron chi connectivity index (χ2n) is 9.34. The average molecular weight is 477 g/mol. The number of sulfonamides is 1. The number of anilines is 1. The lowest BCUT2D eigenvalue weighted by Gasteiger charge is -2.23. The number of nitrogens with one attached hydrogen (secondary N) is 3. The van der Waals surface area contributed by atoms with Crippen molar-refractivity contribution in [2.75, 3.05) is 31.5 Å². The van der Waals surface area contributed by atoms with Crippen molar-refractivity contribution in [1.29, 1.82) is 0 Å². The molecule has 0 amide bonds. The molecule has 8 heteroatoms. The van der Waals surface area contributed by atoms with E-state index in [4.69, 9.17) is 4.98 Å². The smallest absolute Gasteiger partial charge is 0.240 e. The van der Waals surface area contributed by atoms with Crippen LogP contribution in [-0.2, 0) is 10.0 Å². The summed E-state index contributed by atoms with van der Waals surface area (Å²) in [6.45, 7) is 7.26. The number of thiazole rings is 1. The molecule has 2 aromatic rings. The van der Waals surface area contributed by atoms with E-state index >= 15 is 0 Å². The van der Waals surface area contributed by atoms with Gasteiger partial charge in [0, 0.05) is 13.1 Å². The Hall–Kier alpha value is -1.48. The van der Waals surface area contributed by atoms with Gasteiger partial charge in [-0.05, 0) is 81.6 Å². The molecule has 3 N–H and O–H groups in total. The molecule has 0 unspecified atom stereocenters. The van der Waals surface area contributed by atoms with Crippen LogP contribution in [0.2, 0.25) is 0 Å². The first-order chi connectivity index (χ1) is 15.4. The lowest BCUT2D eigenvalue weighted by atomic mass is 9.89. The van der Waals surface area contributed by atoms with Gasteiger partial charge < -0.3 is 10.6 Å². The van der Waals surface area contributed by atoms with E-state index in [1.165, 1.54) is 32.1 Å². The second-order valence-corrected chi connectivity index (χ2v) is 12.1. The molecule has 0 bridgehead atoms. The van der Waals surface area contributed by atoms with Crippen LogP contribution in [0.1, 0.15) is 56.2 Å². The number of aromatic nitrogens is 1. The Morgan fingerprint density at radius 3 is 2.50 bits per heavy atom. The highest BCUT2D eigenvalue weighted by molar-refractivity contribution is 7.89. The maximum Gasteiger partial charge on any atom is 0.240 e. The summed E-state index contributed by atoms with van der Waals surface area (Å²) in [5.41, 5.74) is 2.62. The molecule has 1 aliphatic carbocycles. The van der Waals surface area contributed by atoms with Crippen LogP contribution in [0.15, 0.2) is 23.1 Å². The van der Waals surface area contributed by atoms with Crippen LogP contribution < -0.4 is 15.4 Å². The van der Waals surface area contributed by atoms with Crippen LogP contribution in [0.3, 0.4) is 0 Å². The largest absolute Gasteiger partial charge is 0.361 e. The van der Waals surface area contributed by atoms with Gasteiger partial charge >= 0.3 is 0 Å². The van der Waals surface area contributed by atoms with Gasteiger partial charge in [0.2, 0.25) is 10.0 Å². The Labute approximate surface area is 196 Å². The van der Waals surface area contributed by atoms with E-state index in [-0.39, 0.29) is 0 Å². The van der Waals surface area contributed by atoms with Crippen molar-refractivity contribution in [3.05, 3.63) is 29.5 Å². The first-order valence-corrected chi connectivity index (χ1v) is 14.2. The summed E-state index contributed by atoms with van der Waals surface area (Å²) in [6.07, 6.45) is 8.65. The van der Waals surface area contributed by atoms with E-state index < -0.39 is 10.0 Å². The minimum Gasteiger partial charge on any atom is -0.361 e.